The summed E-state index contributed by atoms with van der Waals surface area (Å²) >= 11 is 1.66. The summed E-state index contributed by atoms with van der Waals surface area (Å²) in [5.41, 5.74) is 1.60. The summed E-state index contributed by atoms with van der Waals surface area (Å²) in [6.45, 7) is 1.78. The van der Waals surface area contributed by atoms with Crippen LogP contribution in [-0.4, -0.2) is 22.0 Å². The van der Waals surface area contributed by atoms with E-state index in [-0.39, 0.29) is 11.3 Å². The first-order chi connectivity index (χ1) is 12.0. The first-order valence-electron chi connectivity index (χ1n) is 8.13. The number of nitrogens with one attached hydrogen (secondary N) is 1. The van der Waals surface area contributed by atoms with E-state index in [1.165, 1.54) is 18.9 Å². The molecule has 0 bridgehead atoms. The van der Waals surface area contributed by atoms with Crippen LogP contribution in [0.2, 0.25) is 0 Å². The van der Waals surface area contributed by atoms with Crippen LogP contribution >= 0.6 is 11.3 Å². The van der Waals surface area contributed by atoms with Gasteiger partial charge in [0.05, 0.1) is 15.2 Å². The average Bonchev–Trinajstić information content (AvgIpc) is 3.20. The van der Waals surface area contributed by atoms with Crippen molar-refractivity contribution in [3.63, 3.8) is 0 Å². The lowest BCUT2D eigenvalue weighted by molar-refractivity contribution is 0.0694. The summed E-state index contributed by atoms with van der Waals surface area (Å²) in [5, 5.41) is 13.1. The van der Waals surface area contributed by atoms with Gasteiger partial charge in [0.1, 0.15) is 11.3 Å². The lowest BCUT2D eigenvalue weighted by Gasteiger charge is -2.02. The lowest BCUT2D eigenvalue weighted by Crippen LogP contribution is -2.10. The average molecular weight is 356 g/mol. The van der Waals surface area contributed by atoms with Gasteiger partial charge in [-0.1, -0.05) is 6.92 Å². The minimum Gasteiger partial charge on any atom is -0.478 e. The Morgan fingerprint density at radius 3 is 2.80 bits per heavy atom. The topological polar surface area (TPSA) is 92.4 Å². The van der Waals surface area contributed by atoms with Crippen molar-refractivity contribution in [1.29, 1.82) is 0 Å². The monoisotopic (exact) mass is 356 g/mol. The predicted molar refractivity (Wildman–Crippen MR) is 94.6 cm³/mol. The summed E-state index contributed by atoms with van der Waals surface area (Å²) in [5.74, 6) is -0.672. The van der Waals surface area contributed by atoms with E-state index < -0.39 is 11.9 Å². The van der Waals surface area contributed by atoms with E-state index >= 15 is 0 Å². The molecular weight excluding hydrogens is 340 g/mol. The third-order valence-corrected chi connectivity index (χ3v) is 5.35. The number of furan rings is 1. The van der Waals surface area contributed by atoms with Crippen LogP contribution in [0.15, 0.2) is 28.7 Å². The lowest BCUT2D eigenvalue weighted by atomic mass is 10.2. The summed E-state index contributed by atoms with van der Waals surface area (Å²) in [4.78, 5) is 28.2. The number of benzene rings is 1. The van der Waals surface area contributed by atoms with Crippen molar-refractivity contribution in [3.05, 3.63) is 46.4 Å². The van der Waals surface area contributed by atoms with Crippen LogP contribution in [-0.2, 0) is 6.42 Å². The van der Waals surface area contributed by atoms with Crippen molar-refractivity contribution in [3.8, 4) is 0 Å². The highest BCUT2D eigenvalue weighted by Gasteiger charge is 2.27. The number of rotatable bonds is 5. The Kier molecular flexibility index (Phi) is 3.80. The normalized spacial score (nSPS) is 14.0. The van der Waals surface area contributed by atoms with Gasteiger partial charge in [-0.15, -0.1) is 11.3 Å². The van der Waals surface area contributed by atoms with Gasteiger partial charge < -0.3 is 14.8 Å². The molecule has 1 amide bonds. The number of carbonyl (C=O) groups is 2. The van der Waals surface area contributed by atoms with Crippen LogP contribution in [0.1, 0.15) is 57.4 Å². The third-order valence-electron chi connectivity index (χ3n) is 4.17. The molecular formula is C18H16N2O4S. The molecule has 0 radical (unpaired) electrons. The molecule has 0 aliphatic heterocycles. The quantitative estimate of drug-likeness (QED) is 0.712. The number of amides is 1. The standard InChI is InChI=1S/C18H16N2O4S/c1-2-13-11(18(22)23)8-14(24-13)16(21)19-10-5-6-12-15(7-10)25-17(20-12)9-3-4-9/h5-9H,2-4H2,1H3,(H,19,21)(H,22,23). The summed E-state index contributed by atoms with van der Waals surface area (Å²) < 4.78 is 6.42. The molecule has 1 aromatic carbocycles. The second-order valence-electron chi connectivity index (χ2n) is 6.07. The smallest absolute Gasteiger partial charge is 0.339 e. The maximum Gasteiger partial charge on any atom is 0.339 e. The van der Waals surface area contributed by atoms with Crippen molar-refractivity contribution in [2.45, 2.75) is 32.1 Å². The van der Waals surface area contributed by atoms with Crippen LogP contribution in [0.5, 0.6) is 0 Å². The van der Waals surface area contributed by atoms with Crippen molar-refractivity contribution >= 4 is 39.1 Å². The van der Waals surface area contributed by atoms with Crippen molar-refractivity contribution in [2.75, 3.05) is 5.32 Å². The van der Waals surface area contributed by atoms with Crippen LogP contribution < -0.4 is 5.32 Å². The minimum absolute atomic E-state index is 0.00248. The molecule has 25 heavy (non-hydrogen) atoms. The molecule has 1 aliphatic rings. The molecule has 1 saturated carbocycles. The number of aromatic carboxylic acids is 1. The number of anilines is 1. The van der Waals surface area contributed by atoms with Crippen LogP contribution in [0.3, 0.4) is 0 Å². The molecule has 2 heterocycles. The Morgan fingerprint density at radius 1 is 1.36 bits per heavy atom. The second kappa shape index (κ2) is 6.00. The van der Waals surface area contributed by atoms with E-state index in [1.807, 2.05) is 12.1 Å². The number of carbonyl (C=O) groups excluding carboxylic acids is 1. The number of fused-ring (bicyclic) bond motifs is 1. The predicted octanol–water partition coefficient (Wildman–Crippen LogP) is 4.28. The molecule has 6 nitrogen and oxygen atoms in total. The number of hydrogen-bond donors (Lipinski definition) is 2. The molecule has 3 aromatic rings. The fraction of sp³-hybridized carbons (Fsp3) is 0.278. The first kappa shape index (κ1) is 15.8. The third kappa shape index (κ3) is 3.02. The zero-order valence-electron chi connectivity index (χ0n) is 13.5. The van der Waals surface area contributed by atoms with E-state index in [4.69, 9.17) is 9.52 Å². The maximum absolute atomic E-state index is 12.4. The van der Waals surface area contributed by atoms with Gasteiger partial charge >= 0.3 is 5.97 Å². The zero-order chi connectivity index (χ0) is 17.6. The highest BCUT2D eigenvalue weighted by molar-refractivity contribution is 7.18. The van der Waals surface area contributed by atoms with Crippen molar-refractivity contribution in [2.24, 2.45) is 0 Å². The van der Waals surface area contributed by atoms with E-state index in [2.05, 4.69) is 10.3 Å². The number of carboxylic acids is 1. The minimum atomic E-state index is -1.10. The van der Waals surface area contributed by atoms with Gasteiger partial charge in [0, 0.05) is 24.1 Å². The molecule has 1 fully saturated rings. The van der Waals surface area contributed by atoms with Gasteiger partial charge in [-0.2, -0.15) is 0 Å². The van der Waals surface area contributed by atoms with Gasteiger partial charge in [0.25, 0.3) is 5.91 Å². The van der Waals surface area contributed by atoms with E-state index in [0.717, 1.165) is 15.2 Å². The first-order valence-corrected chi connectivity index (χ1v) is 8.94. The van der Waals surface area contributed by atoms with E-state index in [9.17, 15) is 9.59 Å². The highest BCUT2D eigenvalue weighted by Crippen LogP contribution is 2.43. The van der Waals surface area contributed by atoms with Gasteiger partial charge in [-0.05, 0) is 31.0 Å². The number of carboxylic acid groups (broad SMARTS) is 1. The summed E-state index contributed by atoms with van der Waals surface area (Å²) in [6, 6.07) is 6.83. The van der Waals surface area contributed by atoms with Crippen LogP contribution in [0.25, 0.3) is 10.2 Å². The number of aromatic nitrogens is 1. The Labute approximate surface area is 147 Å². The van der Waals surface area contributed by atoms with Gasteiger partial charge in [0.15, 0.2) is 5.76 Å². The molecule has 0 spiro atoms. The number of nitrogens with zero attached hydrogens (tertiary/aromatic N) is 1. The molecule has 0 saturated heterocycles. The molecule has 0 unspecified atom stereocenters. The number of aryl methyl sites for hydroxylation is 1. The van der Waals surface area contributed by atoms with Crippen LogP contribution in [0.4, 0.5) is 5.69 Å². The SMILES string of the molecule is CCc1oc(C(=O)Nc2ccc3nc(C4CC4)sc3c2)cc1C(=O)O. The summed E-state index contributed by atoms with van der Waals surface area (Å²) in [7, 11) is 0. The van der Waals surface area contributed by atoms with Crippen LogP contribution in [0, 0.1) is 0 Å². The van der Waals surface area contributed by atoms with E-state index in [0.29, 0.717) is 23.8 Å². The Balaban J connectivity index is 1.57. The molecule has 2 aromatic heterocycles. The highest BCUT2D eigenvalue weighted by atomic mass is 32.1. The maximum atomic E-state index is 12.4. The molecule has 128 valence electrons. The Morgan fingerprint density at radius 2 is 2.16 bits per heavy atom. The van der Waals surface area contributed by atoms with Gasteiger partial charge in [-0.3, -0.25) is 4.79 Å². The van der Waals surface area contributed by atoms with Crippen molar-refractivity contribution < 1.29 is 19.1 Å². The molecule has 2 N–H and O–H groups in total. The fourth-order valence-electron chi connectivity index (χ4n) is 2.70. The van der Waals surface area contributed by atoms with Gasteiger partial charge in [-0.25, -0.2) is 9.78 Å². The summed E-state index contributed by atoms with van der Waals surface area (Å²) in [6.07, 6.45) is 2.81. The number of thiazole rings is 1. The largest absolute Gasteiger partial charge is 0.478 e. The van der Waals surface area contributed by atoms with E-state index in [1.54, 1.807) is 24.3 Å². The Hall–Kier alpha value is -2.67. The molecule has 7 heteroatoms. The second-order valence-corrected chi connectivity index (χ2v) is 7.13. The molecule has 4 rings (SSSR count). The zero-order valence-corrected chi connectivity index (χ0v) is 14.4. The number of hydrogen-bond acceptors (Lipinski definition) is 5. The Bertz CT molecular complexity index is 984. The molecule has 0 atom stereocenters. The fourth-order valence-corrected chi connectivity index (χ4v) is 3.88. The van der Waals surface area contributed by atoms with Crippen molar-refractivity contribution in [1.82, 2.24) is 4.98 Å². The molecule has 1 aliphatic carbocycles. The van der Waals surface area contributed by atoms with Gasteiger partial charge in [0.2, 0.25) is 0 Å².